The van der Waals surface area contributed by atoms with Crippen LogP contribution in [0, 0.1) is 0 Å². The van der Waals surface area contributed by atoms with Crippen molar-refractivity contribution in [2.45, 2.75) is 10.6 Å². The van der Waals surface area contributed by atoms with E-state index in [0.717, 1.165) is 18.9 Å². The summed E-state index contributed by atoms with van der Waals surface area (Å²) in [7, 11) is 1.56. The van der Waals surface area contributed by atoms with Gasteiger partial charge in [-0.2, -0.15) is 0 Å². The van der Waals surface area contributed by atoms with E-state index in [1.807, 2.05) is 24.3 Å². The number of hydrogen-bond acceptors (Lipinski definition) is 7. The Labute approximate surface area is 183 Å². The van der Waals surface area contributed by atoms with Crippen molar-refractivity contribution in [1.29, 1.82) is 0 Å². The van der Waals surface area contributed by atoms with Crippen LogP contribution in [-0.2, 0) is 21.7 Å². The highest BCUT2D eigenvalue weighted by Gasteiger charge is 2.23. The van der Waals surface area contributed by atoms with Gasteiger partial charge in [0.1, 0.15) is 11.5 Å². The number of anilines is 1. The summed E-state index contributed by atoms with van der Waals surface area (Å²) in [6.07, 6.45) is 1.69. The van der Waals surface area contributed by atoms with E-state index in [2.05, 4.69) is 20.2 Å². The molecule has 2 aromatic heterocycles. The number of rotatable bonds is 6. The molecule has 31 heavy (non-hydrogen) atoms. The molecule has 160 valence electrons. The highest BCUT2D eigenvalue weighted by molar-refractivity contribution is 7.90. The summed E-state index contributed by atoms with van der Waals surface area (Å²) in [5.74, 6) is 1.13. The lowest BCUT2D eigenvalue weighted by atomic mass is 10.2. The van der Waals surface area contributed by atoms with Crippen LogP contribution in [0.5, 0.6) is 0 Å². The molecule has 1 saturated heterocycles. The Balaban J connectivity index is 1.68. The Kier molecular flexibility index (Phi) is 6.76. The number of carbonyl (C=O) groups is 1. The second-order valence-corrected chi connectivity index (χ2v) is 8.34. The number of amides is 1. The van der Waals surface area contributed by atoms with Gasteiger partial charge >= 0.3 is 0 Å². The number of nitrogens with one attached hydrogen (secondary N) is 1. The van der Waals surface area contributed by atoms with E-state index in [1.54, 1.807) is 37.5 Å². The molecule has 1 atom stereocenters. The van der Waals surface area contributed by atoms with Gasteiger partial charge in [-0.15, -0.1) is 0 Å². The van der Waals surface area contributed by atoms with Crippen LogP contribution < -0.4 is 10.2 Å². The van der Waals surface area contributed by atoms with Crippen LogP contribution >= 0.6 is 0 Å². The third kappa shape index (κ3) is 5.01. The number of nitrogens with zero attached hydrogens (tertiary/aromatic N) is 4. The third-order valence-corrected chi connectivity index (χ3v) is 6.28. The maximum atomic E-state index is 13.2. The van der Waals surface area contributed by atoms with Crippen LogP contribution in [0.3, 0.4) is 0 Å². The first-order chi connectivity index (χ1) is 15.2. The maximum Gasteiger partial charge on any atom is 0.256 e. The molecule has 9 heteroatoms. The summed E-state index contributed by atoms with van der Waals surface area (Å²) in [6, 6.07) is 14.3. The monoisotopic (exact) mass is 437 g/mol. The predicted octanol–water partition coefficient (Wildman–Crippen LogP) is 2.04. The molecule has 0 bridgehead atoms. The van der Waals surface area contributed by atoms with Gasteiger partial charge in [-0.3, -0.25) is 9.78 Å². The second kappa shape index (κ2) is 9.86. The Morgan fingerprint density at radius 1 is 1.16 bits per heavy atom. The molecule has 0 saturated carbocycles. The molecule has 3 aromatic rings. The van der Waals surface area contributed by atoms with Gasteiger partial charge in [0.05, 0.1) is 24.5 Å². The predicted molar refractivity (Wildman–Crippen MR) is 118 cm³/mol. The second-order valence-electron chi connectivity index (χ2n) is 6.92. The first kappa shape index (κ1) is 21.2. The molecule has 1 fully saturated rings. The molecule has 8 nitrogen and oxygen atoms in total. The minimum absolute atomic E-state index is 0.160. The topological polar surface area (TPSA) is 103 Å². The quantitative estimate of drug-likeness (QED) is 0.589. The standard InChI is InChI=1S/C22H23N5O3S/c1-23-22(28)17-6-2-3-8-19(17)31(29)15-16-14-20(27-10-12-30-13-11-27)26-21(25-16)18-7-4-5-9-24-18/h2-9,14H,10-13,15H2,1H3,(H,23,28). The molecule has 1 aromatic carbocycles. The highest BCUT2D eigenvalue weighted by Crippen LogP contribution is 2.24. The Morgan fingerprint density at radius 2 is 1.94 bits per heavy atom. The van der Waals surface area contributed by atoms with Gasteiger partial charge in [-0.1, -0.05) is 18.2 Å². The maximum absolute atomic E-state index is 13.2. The van der Waals surface area contributed by atoms with Crippen LogP contribution in [0.25, 0.3) is 11.5 Å². The Hall–Kier alpha value is -3.01. The van der Waals surface area contributed by atoms with Gasteiger partial charge in [0.2, 0.25) is 0 Å². The van der Waals surface area contributed by atoms with Crippen molar-refractivity contribution in [3.05, 3.63) is 66.0 Å². The molecular formula is C22H23N5O3S. The highest BCUT2D eigenvalue weighted by atomic mass is 32.2. The molecule has 1 aliphatic rings. The number of hydrogen-bond donors (Lipinski definition) is 1. The zero-order valence-electron chi connectivity index (χ0n) is 17.2. The van der Waals surface area contributed by atoms with Crippen LogP contribution in [0.2, 0.25) is 0 Å². The number of benzene rings is 1. The first-order valence-electron chi connectivity index (χ1n) is 9.97. The van der Waals surface area contributed by atoms with Crippen molar-refractivity contribution in [1.82, 2.24) is 20.3 Å². The molecular weight excluding hydrogens is 414 g/mol. The van der Waals surface area contributed by atoms with E-state index >= 15 is 0 Å². The molecule has 0 aliphatic carbocycles. The van der Waals surface area contributed by atoms with Crippen molar-refractivity contribution in [2.75, 3.05) is 38.3 Å². The van der Waals surface area contributed by atoms with Crippen molar-refractivity contribution < 1.29 is 14.1 Å². The fraction of sp³-hybridized carbons (Fsp3) is 0.273. The van der Waals surface area contributed by atoms with Crippen LogP contribution in [0.15, 0.2) is 59.6 Å². The van der Waals surface area contributed by atoms with Gasteiger partial charge in [0.25, 0.3) is 5.91 Å². The van der Waals surface area contributed by atoms with Crippen LogP contribution in [-0.4, -0.2) is 58.8 Å². The summed E-state index contributed by atoms with van der Waals surface area (Å²) >= 11 is -1.46. The third-order valence-electron chi connectivity index (χ3n) is 4.88. The Morgan fingerprint density at radius 3 is 2.68 bits per heavy atom. The molecule has 0 radical (unpaired) electrons. The number of aromatic nitrogens is 3. The normalized spacial score (nSPS) is 14.8. The molecule has 0 spiro atoms. The number of ether oxygens (including phenoxy) is 1. The first-order valence-corrected chi connectivity index (χ1v) is 11.3. The van der Waals surface area contributed by atoms with E-state index in [9.17, 15) is 9.35 Å². The average molecular weight is 438 g/mol. The minimum atomic E-state index is -1.46. The summed E-state index contributed by atoms with van der Waals surface area (Å²) in [5.41, 5.74) is 1.67. The molecule has 3 heterocycles. The van der Waals surface area contributed by atoms with Crippen LogP contribution in [0.1, 0.15) is 16.1 Å². The van der Waals surface area contributed by atoms with Gasteiger partial charge in [-0.05, 0) is 35.4 Å². The van der Waals surface area contributed by atoms with Gasteiger partial charge < -0.3 is 19.5 Å². The van der Waals surface area contributed by atoms with E-state index in [4.69, 9.17) is 9.72 Å². The van der Waals surface area contributed by atoms with Crippen molar-refractivity contribution in [3.8, 4) is 11.5 Å². The smallest absolute Gasteiger partial charge is 0.256 e. The van der Waals surface area contributed by atoms with Crippen molar-refractivity contribution >= 4 is 22.9 Å². The van der Waals surface area contributed by atoms with Crippen LogP contribution in [0.4, 0.5) is 5.82 Å². The van der Waals surface area contributed by atoms with Gasteiger partial charge in [0, 0.05) is 32.4 Å². The summed E-state index contributed by atoms with van der Waals surface area (Å²) in [4.78, 5) is 28.5. The number of morpholine rings is 1. The van der Waals surface area contributed by atoms with Crippen molar-refractivity contribution in [3.63, 3.8) is 0 Å². The summed E-state index contributed by atoms with van der Waals surface area (Å²) < 4.78 is 18.7. The largest absolute Gasteiger partial charge is 0.611 e. The summed E-state index contributed by atoms with van der Waals surface area (Å²) in [6.45, 7) is 2.70. The number of pyridine rings is 1. The number of carbonyl (C=O) groups excluding carboxylic acids is 1. The zero-order chi connectivity index (χ0) is 21.6. The lowest BCUT2D eigenvalue weighted by molar-refractivity contribution is 0.0960. The van der Waals surface area contributed by atoms with E-state index in [0.29, 0.717) is 40.9 Å². The molecule has 1 amide bonds. The molecule has 4 rings (SSSR count). The molecule has 1 N–H and O–H groups in total. The SMILES string of the molecule is CNC(=O)c1ccccc1[S+]([O-])Cc1cc(N2CCOCC2)nc(-c2ccccn2)n1. The fourth-order valence-corrected chi connectivity index (χ4v) is 4.53. The average Bonchev–Trinajstić information content (AvgIpc) is 2.84. The Bertz CT molecular complexity index is 1040. The lowest BCUT2D eigenvalue weighted by Crippen LogP contribution is -2.37. The summed E-state index contributed by atoms with van der Waals surface area (Å²) in [5, 5.41) is 2.60. The zero-order valence-corrected chi connectivity index (χ0v) is 18.0. The van der Waals surface area contributed by atoms with Crippen molar-refractivity contribution in [2.24, 2.45) is 0 Å². The van der Waals surface area contributed by atoms with Gasteiger partial charge in [-0.25, -0.2) is 9.97 Å². The van der Waals surface area contributed by atoms with E-state index < -0.39 is 11.2 Å². The van der Waals surface area contributed by atoms with E-state index in [-0.39, 0.29) is 11.7 Å². The molecule has 1 aliphatic heterocycles. The van der Waals surface area contributed by atoms with E-state index in [1.165, 1.54) is 0 Å². The van der Waals surface area contributed by atoms with Gasteiger partial charge in [0.15, 0.2) is 16.5 Å². The minimum Gasteiger partial charge on any atom is -0.611 e. The molecule has 1 unspecified atom stereocenters. The fourth-order valence-electron chi connectivity index (χ4n) is 3.32. The lowest BCUT2D eigenvalue weighted by Gasteiger charge is -2.28.